The first kappa shape index (κ1) is 19.9. The summed E-state index contributed by atoms with van der Waals surface area (Å²) < 4.78 is 4.91. The van der Waals surface area contributed by atoms with E-state index < -0.39 is 0 Å². The molecule has 0 unspecified atom stereocenters. The fourth-order valence-electron chi connectivity index (χ4n) is 1.99. The molecule has 0 heterocycles. The molecule has 1 amide bonds. The van der Waals surface area contributed by atoms with Crippen LogP contribution in [0.25, 0.3) is 0 Å². The van der Waals surface area contributed by atoms with E-state index in [0.29, 0.717) is 26.2 Å². The SMILES string of the molecule is COCCNCC(=O)NCC(C)(C)Cc1ccccc1.Cl. The van der Waals surface area contributed by atoms with Crippen molar-refractivity contribution in [3.63, 3.8) is 0 Å². The smallest absolute Gasteiger partial charge is 0.233 e. The Kier molecular flexibility index (Phi) is 10.0. The first-order valence-corrected chi connectivity index (χ1v) is 7.04. The van der Waals surface area contributed by atoms with Crippen molar-refractivity contribution in [1.82, 2.24) is 10.6 Å². The number of rotatable bonds is 9. The van der Waals surface area contributed by atoms with Crippen LogP contribution in [0.15, 0.2) is 30.3 Å². The molecule has 0 spiro atoms. The summed E-state index contributed by atoms with van der Waals surface area (Å²) in [5.74, 6) is 0.0299. The molecule has 0 fully saturated rings. The van der Waals surface area contributed by atoms with Gasteiger partial charge in [-0.05, 0) is 17.4 Å². The lowest BCUT2D eigenvalue weighted by atomic mass is 9.85. The van der Waals surface area contributed by atoms with Crippen LogP contribution in [0.1, 0.15) is 19.4 Å². The van der Waals surface area contributed by atoms with Gasteiger partial charge in [0.15, 0.2) is 0 Å². The van der Waals surface area contributed by atoms with E-state index >= 15 is 0 Å². The quantitative estimate of drug-likeness (QED) is 0.686. The normalized spacial score (nSPS) is 10.8. The Labute approximate surface area is 134 Å². The van der Waals surface area contributed by atoms with Gasteiger partial charge in [-0.2, -0.15) is 0 Å². The van der Waals surface area contributed by atoms with Crippen LogP contribution in [0.5, 0.6) is 0 Å². The van der Waals surface area contributed by atoms with Crippen molar-refractivity contribution in [2.75, 3.05) is 33.4 Å². The number of carbonyl (C=O) groups excluding carboxylic acids is 1. The number of hydrogen-bond acceptors (Lipinski definition) is 3. The Morgan fingerprint density at radius 2 is 1.90 bits per heavy atom. The fraction of sp³-hybridized carbons (Fsp3) is 0.562. The third-order valence-corrected chi connectivity index (χ3v) is 3.06. The van der Waals surface area contributed by atoms with Gasteiger partial charge in [0.2, 0.25) is 5.91 Å². The van der Waals surface area contributed by atoms with E-state index in [4.69, 9.17) is 4.74 Å². The van der Waals surface area contributed by atoms with Crippen LogP contribution in [0.3, 0.4) is 0 Å². The zero-order valence-electron chi connectivity index (χ0n) is 13.1. The molecule has 4 nitrogen and oxygen atoms in total. The maximum Gasteiger partial charge on any atom is 0.233 e. The minimum Gasteiger partial charge on any atom is -0.383 e. The standard InChI is InChI=1S/C16H26N2O2.ClH/c1-16(2,11-14-7-5-4-6-8-14)13-18-15(19)12-17-9-10-20-3;/h4-8,17H,9-13H2,1-3H3,(H,18,19);1H. The Morgan fingerprint density at radius 1 is 1.24 bits per heavy atom. The molecule has 0 saturated heterocycles. The van der Waals surface area contributed by atoms with Gasteiger partial charge in [0, 0.05) is 20.2 Å². The summed E-state index contributed by atoms with van der Waals surface area (Å²) in [5.41, 5.74) is 1.34. The second-order valence-electron chi connectivity index (χ2n) is 5.77. The number of halogens is 1. The molecular formula is C16H27ClN2O2. The number of carbonyl (C=O) groups is 1. The minimum atomic E-state index is 0. The van der Waals surface area contributed by atoms with Gasteiger partial charge in [-0.25, -0.2) is 0 Å². The molecule has 0 bridgehead atoms. The van der Waals surface area contributed by atoms with Crippen LogP contribution >= 0.6 is 12.4 Å². The Balaban J connectivity index is 0.00000400. The van der Waals surface area contributed by atoms with Crippen LogP contribution in [0.2, 0.25) is 0 Å². The second-order valence-corrected chi connectivity index (χ2v) is 5.77. The topological polar surface area (TPSA) is 50.4 Å². The number of nitrogens with one attached hydrogen (secondary N) is 2. The Hall–Kier alpha value is -1.10. The zero-order valence-corrected chi connectivity index (χ0v) is 14.0. The molecule has 120 valence electrons. The van der Waals surface area contributed by atoms with Crippen molar-refractivity contribution < 1.29 is 9.53 Å². The molecule has 21 heavy (non-hydrogen) atoms. The molecule has 0 aliphatic rings. The number of hydrogen-bond donors (Lipinski definition) is 2. The molecule has 0 radical (unpaired) electrons. The van der Waals surface area contributed by atoms with Crippen LogP contribution in [0.4, 0.5) is 0 Å². The average molecular weight is 315 g/mol. The molecule has 0 aliphatic carbocycles. The first-order chi connectivity index (χ1) is 9.53. The van der Waals surface area contributed by atoms with Crippen LogP contribution < -0.4 is 10.6 Å². The highest BCUT2D eigenvalue weighted by molar-refractivity contribution is 5.85. The molecule has 0 atom stereocenters. The summed E-state index contributed by atoms with van der Waals surface area (Å²) in [6, 6.07) is 10.4. The number of amides is 1. The van der Waals surface area contributed by atoms with Crippen molar-refractivity contribution in [3.8, 4) is 0 Å². The van der Waals surface area contributed by atoms with Gasteiger partial charge in [-0.15, -0.1) is 12.4 Å². The average Bonchev–Trinajstić information content (AvgIpc) is 2.42. The largest absolute Gasteiger partial charge is 0.383 e. The van der Waals surface area contributed by atoms with Gasteiger partial charge < -0.3 is 15.4 Å². The summed E-state index contributed by atoms with van der Waals surface area (Å²) in [6.07, 6.45) is 0.950. The number of methoxy groups -OCH3 is 1. The monoisotopic (exact) mass is 314 g/mol. The van der Waals surface area contributed by atoms with Gasteiger partial charge in [0.05, 0.1) is 13.2 Å². The third-order valence-electron chi connectivity index (χ3n) is 3.06. The predicted molar refractivity (Wildman–Crippen MR) is 88.9 cm³/mol. The Bertz CT molecular complexity index is 397. The van der Waals surface area contributed by atoms with E-state index in [1.54, 1.807) is 7.11 Å². The highest BCUT2D eigenvalue weighted by Gasteiger charge is 2.19. The molecule has 5 heteroatoms. The van der Waals surface area contributed by atoms with Crippen molar-refractivity contribution in [2.45, 2.75) is 20.3 Å². The van der Waals surface area contributed by atoms with E-state index in [2.05, 4.69) is 36.6 Å². The van der Waals surface area contributed by atoms with Crippen LogP contribution in [-0.2, 0) is 16.0 Å². The summed E-state index contributed by atoms with van der Waals surface area (Å²) in [7, 11) is 1.65. The summed E-state index contributed by atoms with van der Waals surface area (Å²) >= 11 is 0. The van der Waals surface area contributed by atoms with E-state index in [-0.39, 0.29) is 23.7 Å². The predicted octanol–water partition coefficient (Wildman–Crippen LogP) is 2.03. The molecule has 2 N–H and O–H groups in total. The van der Waals surface area contributed by atoms with Crippen molar-refractivity contribution >= 4 is 18.3 Å². The van der Waals surface area contributed by atoms with Crippen molar-refractivity contribution in [1.29, 1.82) is 0 Å². The lowest BCUT2D eigenvalue weighted by molar-refractivity contribution is -0.120. The molecule has 1 aromatic rings. The maximum absolute atomic E-state index is 11.7. The number of ether oxygens (including phenoxy) is 1. The molecule has 0 saturated carbocycles. The van der Waals surface area contributed by atoms with Gasteiger partial charge >= 0.3 is 0 Å². The van der Waals surface area contributed by atoms with E-state index in [9.17, 15) is 4.79 Å². The van der Waals surface area contributed by atoms with Gasteiger partial charge in [-0.1, -0.05) is 44.2 Å². The van der Waals surface area contributed by atoms with Gasteiger partial charge in [0.25, 0.3) is 0 Å². The minimum absolute atomic E-state index is 0. The van der Waals surface area contributed by atoms with Gasteiger partial charge in [-0.3, -0.25) is 4.79 Å². The molecule has 1 aromatic carbocycles. The highest BCUT2D eigenvalue weighted by atomic mass is 35.5. The summed E-state index contributed by atoms with van der Waals surface area (Å²) in [4.78, 5) is 11.7. The third kappa shape index (κ3) is 9.45. The first-order valence-electron chi connectivity index (χ1n) is 7.04. The van der Waals surface area contributed by atoms with Crippen LogP contribution in [-0.4, -0.2) is 39.3 Å². The lowest BCUT2D eigenvalue weighted by Crippen LogP contribution is -2.40. The zero-order chi connectivity index (χ0) is 14.8. The van der Waals surface area contributed by atoms with Crippen molar-refractivity contribution in [2.24, 2.45) is 5.41 Å². The van der Waals surface area contributed by atoms with E-state index in [0.717, 1.165) is 6.42 Å². The summed E-state index contributed by atoms with van der Waals surface area (Å²) in [6.45, 7) is 6.65. The fourth-order valence-corrected chi connectivity index (χ4v) is 1.99. The molecular weight excluding hydrogens is 288 g/mol. The Morgan fingerprint density at radius 3 is 2.52 bits per heavy atom. The number of benzene rings is 1. The summed E-state index contributed by atoms with van der Waals surface area (Å²) in [5, 5.41) is 6.01. The molecule has 0 aromatic heterocycles. The molecule has 1 rings (SSSR count). The van der Waals surface area contributed by atoms with Crippen molar-refractivity contribution in [3.05, 3.63) is 35.9 Å². The van der Waals surface area contributed by atoms with Gasteiger partial charge in [0.1, 0.15) is 0 Å². The maximum atomic E-state index is 11.7. The molecule has 0 aliphatic heterocycles. The van der Waals surface area contributed by atoms with Crippen LogP contribution in [0, 0.1) is 5.41 Å². The highest BCUT2D eigenvalue weighted by Crippen LogP contribution is 2.20. The lowest BCUT2D eigenvalue weighted by Gasteiger charge is -2.25. The second kappa shape index (κ2) is 10.6. The van der Waals surface area contributed by atoms with E-state index in [1.807, 2.05) is 18.2 Å². The van der Waals surface area contributed by atoms with E-state index in [1.165, 1.54) is 5.56 Å².